The van der Waals surface area contributed by atoms with Crippen molar-refractivity contribution in [3.05, 3.63) is 42.2 Å². The van der Waals surface area contributed by atoms with Gasteiger partial charge in [-0.05, 0) is 31.0 Å². The van der Waals surface area contributed by atoms with Crippen molar-refractivity contribution in [2.75, 3.05) is 6.61 Å². The summed E-state index contributed by atoms with van der Waals surface area (Å²) in [5, 5.41) is 7.37. The lowest BCUT2D eigenvalue weighted by Gasteiger charge is -2.10. The van der Waals surface area contributed by atoms with Gasteiger partial charge < -0.3 is 19.1 Å². The van der Waals surface area contributed by atoms with Crippen LogP contribution in [0.2, 0.25) is 0 Å². The topological polar surface area (TPSA) is 82.2 Å². The molecule has 0 aliphatic heterocycles. The molecule has 0 fully saturated rings. The third-order valence-corrected chi connectivity index (χ3v) is 3.70. The van der Waals surface area contributed by atoms with Crippen LogP contribution in [0.15, 0.2) is 35.0 Å². The van der Waals surface area contributed by atoms with Crippen molar-refractivity contribution in [3.63, 3.8) is 0 Å². The highest BCUT2D eigenvalue weighted by molar-refractivity contribution is 5.87. The molecule has 25 heavy (non-hydrogen) atoms. The lowest BCUT2D eigenvalue weighted by Crippen LogP contribution is -2.28. The van der Waals surface area contributed by atoms with E-state index in [9.17, 15) is 4.79 Å². The first-order valence-electron chi connectivity index (χ1n) is 8.29. The van der Waals surface area contributed by atoms with Crippen LogP contribution in [0.25, 0.3) is 10.9 Å². The molecule has 0 unspecified atom stereocenters. The third-order valence-electron chi connectivity index (χ3n) is 3.70. The third kappa shape index (κ3) is 4.17. The summed E-state index contributed by atoms with van der Waals surface area (Å²) in [4.78, 5) is 16.0. The zero-order valence-electron chi connectivity index (χ0n) is 14.7. The van der Waals surface area contributed by atoms with E-state index >= 15 is 0 Å². The molecule has 0 bridgehead atoms. The Balaban J connectivity index is 1.61. The Bertz CT molecular complexity index is 866. The summed E-state index contributed by atoms with van der Waals surface area (Å²) in [5.41, 5.74) is 1.10. The molecule has 0 spiro atoms. The number of nitrogens with zero attached hydrogens (tertiary/aromatic N) is 3. The van der Waals surface area contributed by atoms with E-state index in [1.54, 1.807) is 6.92 Å². The molecule has 1 amide bonds. The van der Waals surface area contributed by atoms with E-state index in [1.165, 1.54) is 0 Å². The number of amides is 1. The Morgan fingerprint density at radius 2 is 2.20 bits per heavy atom. The van der Waals surface area contributed by atoms with Gasteiger partial charge in [0.15, 0.2) is 12.4 Å². The maximum Gasteiger partial charge on any atom is 0.258 e. The number of rotatable bonds is 7. The van der Waals surface area contributed by atoms with Crippen LogP contribution < -0.4 is 10.1 Å². The summed E-state index contributed by atoms with van der Waals surface area (Å²) >= 11 is 0. The largest absolute Gasteiger partial charge is 0.483 e. The Morgan fingerprint density at radius 1 is 1.36 bits per heavy atom. The van der Waals surface area contributed by atoms with Crippen LogP contribution in [0, 0.1) is 12.8 Å². The summed E-state index contributed by atoms with van der Waals surface area (Å²) in [7, 11) is 0. The molecule has 0 aliphatic carbocycles. The van der Waals surface area contributed by atoms with Crippen LogP contribution in [0.4, 0.5) is 0 Å². The minimum atomic E-state index is -0.241. The van der Waals surface area contributed by atoms with Gasteiger partial charge in [0.1, 0.15) is 5.75 Å². The van der Waals surface area contributed by atoms with E-state index in [0.717, 1.165) is 17.4 Å². The second kappa shape index (κ2) is 7.38. The molecular weight excluding hydrogens is 320 g/mol. The fourth-order valence-corrected chi connectivity index (χ4v) is 2.65. The average Bonchev–Trinajstić information content (AvgIpc) is 3.17. The number of fused-ring (bicyclic) bond motifs is 1. The predicted molar refractivity (Wildman–Crippen MR) is 93.2 cm³/mol. The Labute approximate surface area is 146 Å². The van der Waals surface area contributed by atoms with Gasteiger partial charge in [-0.3, -0.25) is 4.79 Å². The molecule has 7 nitrogen and oxygen atoms in total. The maximum absolute atomic E-state index is 12.0. The van der Waals surface area contributed by atoms with Gasteiger partial charge in [0.05, 0.1) is 12.1 Å². The number of carbonyl (C=O) groups excluding carboxylic acids is 1. The summed E-state index contributed by atoms with van der Waals surface area (Å²) in [6, 6.07) is 7.89. The van der Waals surface area contributed by atoms with E-state index in [2.05, 4.69) is 46.1 Å². The number of ether oxygens (including phenoxy) is 1. The molecule has 132 valence electrons. The Hall–Kier alpha value is -2.83. The molecule has 2 heterocycles. The molecule has 2 aromatic heterocycles. The van der Waals surface area contributed by atoms with Crippen molar-refractivity contribution in [2.45, 2.75) is 33.9 Å². The van der Waals surface area contributed by atoms with Crippen LogP contribution in [0.3, 0.4) is 0 Å². The number of hydrogen-bond donors (Lipinski definition) is 1. The van der Waals surface area contributed by atoms with Crippen molar-refractivity contribution in [1.82, 2.24) is 20.0 Å². The first-order chi connectivity index (χ1) is 12.0. The molecule has 1 N–H and O–H groups in total. The normalized spacial score (nSPS) is 11.2. The molecule has 1 aromatic carbocycles. The molecule has 7 heteroatoms. The standard InChI is InChI=1S/C18H22N4O3/c1-12(2)10-22-8-7-14-15(22)5-4-6-16(14)24-11-17(23)19-9-18-20-13(3)21-25-18/h4-8,12H,9-11H2,1-3H3,(H,19,23). The second-order valence-corrected chi connectivity index (χ2v) is 6.35. The van der Waals surface area contributed by atoms with Gasteiger partial charge in [0.25, 0.3) is 5.91 Å². The number of hydrogen-bond acceptors (Lipinski definition) is 5. The maximum atomic E-state index is 12.0. The fraction of sp³-hybridized carbons (Fsp3) is 0.389. The van der Waals surface area contributed by atoms with Crippen LogP contribution in [-0.4, -0.2) is 27.2 Å². The lowest BCUT2D eigenvalue weighted by molar-refractivity contribution is -0.123. The highest BCUT2D eigenvalue weighted by Crippen LogP contribution is 2.27. The van der Waals surface area contributed by atoms with Crippen molar-refractivity contribution < 1.29 is 14.1 Å². The monoisotopic (exact) mass is 342 g/mol. The van der Waals surface area contributed by atoms with Crippen molar-refractivity contribution in [1.29, 1.82) is 0 Å². The van der Waals surface area contributed by atoms with Gasteiger partial charge in [-0.15, -0.1) is 0 Å². The van der Waals surface area contributed by atoms with E-state index in [1.807, 2.05) is 18.2 Å². The van der Waals surface area contributed by atoms with Crippen LogP contribution in [-0.2, 0) is 17.9 Å². The molecule has 0 aliphatic rings. The number of aryl methyl sites for hydroxylation is 1. The molecular formula is C18H22N4O3. The smallest absolute Gasteiger partial charge is 0.258 e. The first-order valence-corrected chi connectivity index (χ1v) is 8.29. The van der Waals surface area contributed by atoms with Crippen LogP contribution in [0.1, 0.15) is 25.6 Å². The average molecular weight is 342 g/mol. The zero-order chi connectivity index (χ0) is 17.8. The second-order valence-electron chi connectivity index (χ2n) is 6.35. The van der Waals surface area contributed by atoms with Crippen molar-refractivity contribution >= 4 is 16.8 Å². The summed E-state index contributed by atoms with van der Waals surface area (Å²) in [5.74, 6) is 1.93. The molecule has 0 saturated carbocycles. The lowest BCUT2D eigenvalue weighted by atomic mass is 10.2. The van der Waals surface area contributed by atoms with Gasteiger partial charge in [0.2, 0.25) is 5.89 Å². The molecule has 0 atom stereocenters. The molecule has 3 aromatic rings. The minimum absolute atomic E-state index is 0.0679. The summed E-state index contributed by atoms with van der Waals surface area (Å²) in [6.07, 6.45) is 2.05. The van der Waals surface area contributed by atoms with Crippen LogP contribution >= 0.6 is 0 Å². The quantitative estimate of drug-likeness (QED) is 0.714. The molecule has 0 radical (unpaired) electrons. The van der Waals surface area contributed by atoms with E-state index in [0.29, 0.717) is 23.4 Å². The van der Waals surface area contributed by atoms with Crippen LogP contribution in [0.5, 0.6) is 5.75 Å². The van der Waals surface area contributed by atoms with Gasteiger partial charge in [-0.25, -0.2) is 0 Å². The molecule has 0 saturated heterocycles. The van der Waals surface area contributed by atoms with Gasteiger partial charge >= 0.3 is 0 Å². The van der Waals surface area contributed by atoms with Crippen molar-refractivity contribution in [2.24, 2.45) is 5.92 Å². The molecule has 3 rings (SSSR count). The first kappa shape index (κ1) is 17.0. The summed E-state index contributed by atoms with van der Waals surface area (Å²) in [6.45, 7) is 7.16. The number of nitrogens with one attached hydrogen (secondary N) is 1. The highest BCUT2D eigenvalue weighted by Gasteiger charge is 2.10. The minimum Gasteiger partial charge on any atom is -0.483 e. The Morgan fingerprint density at radius 3 is 2.92 bits per heavy atom. The number of carbonyl (C=O) groups is 1. The fourth-order valence-electron chi connectivity index (χ4n) is 2.65. The number of aromatic nitrogens is 3. The number of benzene rings is 1. The SMILES string of the molecule is Cc1noc(CNC(=O)COc2cccc3c2ccn3CC(C)C)n1. The van der Waals surface area contributed by atoms with E-state index in [-0.39, 0.29) is 19.1 Å². The van der Waals surface area contributed by atoms with E-state index in [4.69, 9.17) is 9.26 Å². The predicted octanol–water partition coefficient (Wildman–Crippen LogP) is 2.68. The van der Waals surface area contributed by atoms with Gasteiger partial charge in [-0.2, -0.15) is 4.98 Å². The summed E-state index contributed by atoms with van der Waals surface area (Å²) < 4.78 is 12.9. The van der Waals surface area contributed by atoms with Crippen molar-refractivity contribution in [3.8, 4) is 5.75 Å². The van der Waals surface area contributed by atoms with E-state index < -0.39 is 0 Å². The Kier molecular flexibility index (Phi) is 5.02. The highest BCUT2D eigenvalue weighted by atomic mass is 16.5. The van der Waals surface area contributed by atoms with Gasteiger partial charge in [-0.1, -0.05) is 25.1 Å². The zero-order valence-corrected chi connectivity index (χ0v) is 14.7. The van der Waals surface area contributed by atoms with Gasteiger partial charge in [0, 0.05) is 18.1 Å².